The van der Waals surface area contributed by atoms with Crippen LogP contribution in [-0.2, 0) is 4.74 Å². The molecule has 17 heavy (non-hydrogen) atoms. The highest BCUT2D eigenvalue weighted by Crippen LogP contribution is 2.16. The van der Waals surface area contributed by atoms with Crippen LogP contribution < -0.4 is 5.32 Å². The smallest absolute Gasteiger partial charge is 0.335 e. The molecular weight excluding hydrogens is 218 g/mol. The molecule has 0 aliphatic carbocycles. The van der Waals surface area contributed by atoms with E-state index in [0.717, 1.165) is 38.1 Å². The average Bonchev–Trinajstić information content (AvgIpc) is 2.83. The number of benzene rings is 1. The van der Waals surface area contributed by atoms with Crippen LogP contribution in [0.1, 0.15) is 29.6 Å². The number of nitrogens with one attached hydrogen (secondary N) is 1. The summed E-state index contributed by atoms with van der Waals surface area (Å²) in [6, 6.07) is 6.80. The number of carboxylic acid groups (broad SMARTS) is 1. The number of hydrogen-bond acceptors (Lipinski definition) is 3. The Hall–Kier alpha value is -1.55. The Morgan fingerprint density at radius 1 is 1.41 bits per heavy atom. The van der Waals surface area contributed by atoms with E-state index in [0.29, 0.717) is 11.7 Å². The molecule has 0 radical (unpaired) electrons. The topological polar surface area (TPSA) is 58.6 Å². The molecule has 4 nitrogen and oxygen atoms in total. The lowest BCUT2D eigenvalue weighted by atomic mass is 10.1. The fourth-order valence-electron chi connectivity index (χ4n) is 1.98. The maximum absolute atomic E-state index is 10.7. The quantitative estimate of drug-likeness (QED) is 0.822. The largest absolute Gasteiger partial charge is 0.478 e. The molecule has 1 aliphatic heterocycles. The fourth-order valence-corrected chi connectivity index (χ4v) is 1.98. The molecule has 0 saturated carbocycles. The third-order valence-electron chi connectivity index (χ3n) is 2.95. The zero-order chi connectivity index (χ0) is 12.1. The van der Waals surface area contributed by atoms with Gasteiger partial charge >= 0.3 is 5.97 Å². The molecule has 2 N–H and O–H groups in total. The van der Waals surface area contributed by atoms with Crippen LogP contribution in [0.4, 0.5) is 5.69 Å². The number of anilines is 1. The fraction of sp³-hybridized carbons (Fsp3) is 0.462. The zero-order valence-electron chi connectivity index (χ0n) is 9.69. The first kappa shape index (κ1) is 11.9. The Labute approximate surface area is 101 Å². The van der Waals surface area contributed by atoms with E-state index in [1.165, 1.54) is 0 Å². The lowest BCUT2D eigenvalue weighted by molar-refractivity contribution is 0.0697. The van der Waals surface area contributed by atoms with Crippen LogP contribution in [-0.4, -0.2) is 30.3 Å². The van der Waals surface area contributed by atoms with Crippen LogP contribution in [0.25, 0.3) is 0 Å². The van der Waals surface area contributed by atoms with Crippen molar-refractivity contribution in [1.29, 1.82) is 0 Å². The first-order valence-electron chi connectivity index (χ1n) is 5.94. The van der Waals surface area contributed by atoms with Crippen molar-refractivity contribution in [3.63, 3.8) is 0 Å². The van der Waals surface area contributed by atoms with Gasteiger partial charge in [-0.1, -0.05) is 0 Å². The molecule has 1 atom stereocenters. The maximum atomic E-state index is 10.7. The monoisotopic (exact) mass is 235 g/mol. The van der Waals surface area contributed by atoms with E-state index < -0.39 is 5.97 Å². The zero-order valence-corrected chi connectivity index (χ0v) is 9.69. The molecule has 1 aromatic rings. The van der Waals surface area contributed by atoms with Gasteiger partial charge in [-0.2, -0.15) is 0 Å². The summed E-state index contributed by atoms with van der Waals surface area (Å²) >= 11 is 0. The summed E-state index contributed by atoms with van der Waals surface area (Å²) in [4.78, 5) is 10.7. The van der Waals surface area contributed by atoms with Crippen LogP contribution in [0.3, 0.4) is 0 Å². The molecule has 0 aromatic heterocycles. The second-order valence-corrected chi connectivity index (χ2v) is 4.23. The third kappa shape index (κ3) is 3.46. The molecule has 2 rings (SSSR count). The summed E-state index contributed by atoms with van der Waals surface area (Å²) in [5.41, 5.74) is 1.27. The molecule has 1 fully saturated rings. The number of aromatic carboxylic acids is 1. The Kier molecular flexibility index (Phi) is 3.98. The van der Waals surface area contributed by atoms with Gasteiger partial charge in [0.2, 0.25) is 0 Å². The Morgan fingerprint density at radius 2 is 2.18 bits per heavy atom. The van der Waals surface area contributed by atoms with Gasteiger partial charge in [0.25, 0.3) is 0 Å². The van der Waals surface area contributed by atoms with Crippen molar-refractivity contribution in [2.75, 3.05) is 18.5 Å². The predicted octanol–water partition coefficient (Wildman–Crippen LogP) is 2.37. The van der Waals surface area contributed by atoms with Gasteiger partial charge in [-0.05, 0) is 43.5 Å². The van der Waals surface area contributed by atoms with Crippen LogP contribution in [0, 0.1) is 0 Å². The summed E-state index contributed by atoms with van der Waals surface area (Å²) in [7, 11) is 0. The van der Waals surface area contributed by atoms with Gasteiger partial charge in [-0.25, -0.2) is 4.79 Å². The minimum absolute atomic E-state index is 0.315. The van der Waals surface area contributed by atoms with Crippen molar-refractivity contribution in [3.05, 3.63) is 29.8 Å². The van der Waals surface area contributed by atoms with E-state index in [1.807, 2.05) is 0 Å². The van der Waals surface area contributed by atoms with Crippen LogP contribution in [0.5, 0.6) is 0 Å². The SMILES string of the molecule is O=C(O)c1ccc(NCC[C@H]2CCCO2)cc1. The minimum Gasteiger partial charge on any atom is -0.478 e. The summed E-state index contributed by atoms with van der Waals surface area (Å²) in [5.74, 6) is -0.893. The lowest BCUT2D eigenvalue weighted by Gasteiger charge is -2.10. The van der Waals surface area contributed by atoms with Gasteiger partial charge < -0.3 is 15.2 Å². The van der Waals surface area contributed by atoms with Gasteiger partial charge in [-0.15, -0.1) is 0 Å². The van der Waals surface area contributed by atoms with Gasteiger partial charge in [0, 0.05) is 18.8 Å². The molecule has 1 saturated heterocycles. The highest BCUT2D eigenvalue weighted by Gasteiger charge is 2.14. The maximum Gasteiger partial charge on any atom is 0.335 e. The minimum atomic E-state index is -0.893. The molecule has 0 unspecified atom stereocenters. The summed E-state index contributed by atoms with van der Waals surface area (Å²) in [6.07, 6.45) is 3.71. The molecule has 4 heteroatoms. The van der Waals surface area contributed by atoms with Crippen molar-refractivity contribution in [2.24, 2.45) is 0 Å². The van der Waals surface area contributed by atoms with Gasteiger partial charge in [0.1, 0.15) is 0 Å². The molecule has 1 aromatic carbocycles. The van der Waals surface area contributed by atoms with Crippen molar-refractivity contribution < 1.29 is 14.6 Å². The standard InChI is InChI=1S/C13H17NO3/c15-13(16)10-3-5-11(6-4-10)14-8-7-12-2-1-9-17-12/h3-6,12,14H,1-2,7-9H2,(H,15,16)/t12-/m1/s1. The highest BCUT2D eigenvalue weighted by molar-refractivity contribution is 5.87. The number of carbonyl (C=O) groups is 1. The molecule has 0 amide bonds. The van der Waals surface area contributed by atoms with Gasteiger partial charge in [0.15, 0.2) is 0 Å². The molecule has 0 spiro atoms. The first-order valence-corrected chi connectivity index (χ1v) is 5.94. The summed E-state index contributed by atoms with van der Waals surface area (Å²) in [5, 5.41) is 12.0. The number of hydrogen-bond donors (Lipinski definition) is 2. The lowest BCUT2D eigenvalue weighted by Crippen LogP contribution is -2.12. The van der Waals surface area contributed by atoms with E-state index in [9.17, 15) is 4.79 Å². The van der Waals surface area contributed by atoms with Crippen molar-refractivity contribution in [1.82, 2.24) is 0 Å². The van der Waals surface area contributed by atoms with E-state index in [2.05, 4.69) is 5.32 Å². The molecule has 0 bridgehead atoms. The average molecular weight is 235 g/mol. The van der Waals surface area contributed by atoms with Crippen LogP contribution in [0.15, 0.2) is 24.3 Å². The van der Waals surface area contributed by atoms with Crippen LogP contribution in [0.2, 0.25) is 0 Å². The summed E-state index contributed by atoms with van der Waals surface area (Å²) < 4.78 is 5.52. The predicted molar refractivity (Wildman–Crippen MR) is 65.5 cm³/mol. The number of ether oxygens (including phenoxy) is 1. The summed E-state index contributed by atoms with van der Waals surface area (Å²) in [6.45, 7) is 1.75. The Balaban J connectivity index is 1.76. The molecule has 1 aliphatic rings. The molecule has 92 valence electrons. The first-order chi connectivity index (χ1) is 8.25. The second kappa shape index (κ2) is 5.68. The third-order valence-corrected chi connectivity index (χ3v) is 2.95. The van der Waals surface area contributed by atoms with Crippen molar-refractivity contribution in [3.8, 4) is 0 Å². The second-order valence-electron chi connectivity index (χ2n) is 4.23. The van der Waals surface area contributed by atoms with Crippen molar-refractivity contribution in [2.45, 2.75) is 25.4 Å². The van der Waals surface area contributed by atoms with Crippen LogP contribution >= 0.6 is 0 Å². The number of carboxylic acids is 1. The van der Waals surface area contributed by atoms with Crippen molar-refractivity contribution >= 4 is 11.7 Å². The van der Waals surface area contributed by atoms with Gasteiger partial charge in [-0.3, -0.25) is 0 Å². The molecule has 1 heterocycles. The normalized spacial score (nSPS) is 19.2. The van der Waals surface area contributed by atoms with E-state index >= 15 is 0 Å². The Bertz CT molecular complexity index is 369. The van der Waals surface area contributed by atoms with E-state index in [1.54, 1.807) is 24.3 Å². The Morgan fingerprint density at radius 3 is 2.76 bits per heavy atom. The van der Waals surface area contributed by atoms with Gasteiger partial charge in [0.05, 0.1) is 11.7 Å². The van der Waals surface area contributed by atoms with E-state index in [4.69, 9.17) is 9.84 Å². The van der Waals surface area contributed by atoms with E-state index in [-0.39, 0.29) is 0 Å². The molecular formula is C13H17NO3. The highest BCUT2D eigenvalue weighted by atomic mass is 16.5. The number of rotatable bonds is 5.